The predicted octanol–water partition coefficient (Wildman–Crippen LogP) is 3.32. The number of nitrogens with one attached hydrogen (secondary N) is 2. The number of rotatable bonds is 3. The molecule has 3 rings (SSSR count). The molecule has 0 atom stereocenters. The average Bonchev–Trinajstić information content (AvgIpc) is 2.87. The van der Waals surface area contributed by atoms with Crippen molar-refractivity contribution in [2.45, 2.75) is 26.7 Å². The highest BCUT2D eigenvalue weighted by Crippen LogP contribution is 2.31. The zero-order chi connectivity index (χ0) is 13.2. The van der Waals surface area contributed by atoms with Crippen LogP contribution in [0.3, 0.4) is 0 Å². The van der Waals surface area contributed by atoms with Crippen LogP contribution in [0.1, 0.15) is 24.0 Å². The molecule has 3 nitrogen and oxygen atoms in total. The molecule has 2 heterocycles. The number of anilines is 1. The lowest BCUT2D eigenvalue weighted by atomic mass is 9.98. The molecular formula is C15H21N3S. The summed E-state index contributed by atoms with van der Waals surface area (Å²) in [6.45, 7) is 7.67. The number of piperidine rings is 1. The first-order chi connectivity index (χ1) is 9.24. The van der Waals surface area contributed by atoms with Crippen LogP contribution in [0.5, 0.6) is 0 Å². The van der Waals surface area contributed by atoms with Gasteiger partial charge in [0.05, 0.1) is 10.2 Å². The summed E-state index contributed by atoms with van der Waals surface area (Å²) in [6.07, 6.45) is 2.55. The molecule has 4 heteroatoms. The van der Waals surface area contributed by atoms with Crippen LogP contribution < -0.4 is 10.6 Å². The Balaban J connectivity index is 1.74. The minimum atomic E-state index is 0.787. The summed E-state index contributed by atoms with van der Waals surface area (Å²) in [5.74, 6) is 0.787. The molecule has 0 saturated carbocycles. The van der Waals surface area contributed by atoms with Gasteiger partial charge in [-0.3, -0.25) is 0 Å². The van der Waals surface area contributed by atoms with E-state index < -0.39 is 0 Å². The molecule has 2 N–H and O–H groups in total. The van der Waals surface area contributed by atoms with Crippen LogP contribution in [0.4, 0.5) is 5.13 Å². The number of aromatic nitrogens is 1. The third-order valence-corrected chi connectivity index (χ3v) is 5.09. The summed E-state index contributed by atoms with van der Waals surface area (Å²) in [6, 6.07) is 4.35. The van der Waals surface area contributed by atoms with Gasteiger partial charge >= 0.3 is 0 Å². The Bertz CT molecular complexity index is 531. The number of hydrogen-bond acceptors (Lipinski definition) is 4. The molecule has 1 aromatic heterocycles. The third-order valence-electron chi connectivity index (χ3n) is 3.94. The lowest BCUT2D eigenvalue weighted by Crippen LogP contribution is -2.31. The van der Waals surface area contributed by atoms with Crippen molar-refractivity contribution in [2.24, 2.45) is 5.92 Å². The number of hydrogen-bond donors (Lipinski definition) is 2. The number of fused-ring (bicyclic) bond motifs is 1. The fourth-order valence-electron chi connectivity index (χ4n) is 2.65. The van der Waals surface area contributed by atoms with Crippen molar-refractivity contribution in [2.75, 3.05) is 25.0 Å². The van der Waals surface area contributed by atoms with Crippen molar-refractivity contribution in [3.63, 3.8) is 0 Å². The average molecular weight is 275 g/mol. The van der Waals surface area contributed by atoms with Crippen LogP contribution in [0, 0.1) is 19.8 Å². The van der Waals surface area contributed by atoms with Gasteiger partial charge in [-0.25, -0.2) is 4.98 Å². The van der Waals surface area contributed by atoms with Crippen LogP contribution >= 0.6 is 11.3 Å². The Morgan fingerprint density at radius 1 is 1.26 bits per heavy atom. The van der Waals surface area contributed by atoms with Crippen molar-refractivity contribution in [1.82, 2.24) is 10.3 Å². The second kappa shape index (κ2) is 5.47. The highest BCUT2D eigenvalue weighted by molar-refractivity contribution is 7.22. The number of nitrogens with zero attached hydrogens (tertiary/aromatic N) is 1. The summed E-state index contributed by atoms with van der Waals surface area (Å²) < 4.78 is 1.33. The van der Waals surface area contributed by atoms with Gasteiger partial charge in [-0.2, -0.15) is 0 Å². The van der Waals surface area contributed by atoms with E-state index >= 15 is 0 Å². The maximum atomic E-state index is 4.75. The first-order valence-electron chi connectivity index (χ1n) is 7.05. The molecule has 102 valence electrons. The molecule has 1 fully saturated rings. The number of benzene rings is 1. The van der Waals surface area contributed by atoms with Crippen LogP contribution in [0.25, 0.3) is 10.2 Å². The number of thiazole rings is 1. The maximum absolute atomic E-state index is 4.75. The Kier molecular flexibility index (Phi) is 3.71. The molecule has 1 aromatic carbocycles. The topological polar surface area (TPSA) is 37.0 Å². The summed E-state index contributed by atoms with van der Waals surface area (Å²) >= 11 is 1.79. The maximum Gasteiger partial charge on any atom is 0.183 e. The monoisotopic (exact) mass is 275 g/mol. The van der Waals surface area contributed by atoms with E-state index in [1.165, 1.54) is 28.7 Å². The van der Waals surface area contributed by atoms with Gasteiger partial charge in [-0.1, -0.05) is 23.5 Å². The van der Waals surface area contributed by atoms with Gasteiger partial charge in [0.25, 0.3) is 0 Å². The summed E-state index contributed by atoms with van der Waals surface area (Å²) in [5.41, 5.74) is 3.76. The normalized spacial score (nSPS) is 16.9. The third kappa shape index (κ3) is 2.74. The summed E-state index contributed by atoms with van der Waals surface area (Å²) in [4.78, 5) is 4.75. The smallest absolute Gasteiger partial charge is 0.183 e. The molecule has 0 unspecified atom stereocenters. The van der Waals surface area contributed by atoms with Crippen LogP contribution in [0.2, 0.25) is 0 Å². The Morgan fingerprint density at radius 3 is 2.74 bits per heavy atom. The van der Waals surface area contributed by atoms with E-state index in [-0.39, 0.29) is 0 Å². The molecule has 19 heavy (non-hydrogen) atoms. The van der Waals surface area contributed by atoms with Gasteiger partial charge in [0, 0.05) is 6.54 Å². The lowest BCUT2D eigenvalue weighted by Gasteiger charge is -2.22. The molecule has 2 aromatic rings. The van der Waals surface area contributed by atoms with Gasteiger partial charge in [0.15, 0.2) is 5.13 Å². The van der Waals surface area contributed by atoms with Crippen LogP contribution in [-0.4, -0.2) is 24.6 Å². The van der Waals surface area contributed by atoms with E-state index in [1.54, 1.807) is 11.3 Å². The minimum absolute atomic E-state index is 0.787. The second-order valence-corrected chi connectivity index (χ2v) is 6.47. The van der Waals surface area contributed by atoms with Crippen molar-refractivity contribution in [3.8, 4) is 0 Å². The van der Waals surface area contributed by atoms with Gasteiger partial charge < -0.3 is 10.6 Å². The molecule has 1 aliphatic rings. The Labute approximate surface area is 118 Å². The van der Waals surface area contributed by atoms with Crippen molar-refractivity contribution < 1.29 is 0 Å². The second-order valence-electron chi connectivity index (χ2n) is 5.47. The van der Waals surface area contributed by atoms with Crippen molar-refractivity contribution >= 4 is 26.7 Å². The minimum Gasteiger partial charge on any atom is -0.361 e. The fraction of sp³-hybridized carbons (Fsp3) is 0.533. The van der Waals surface area contributed by atoms with Gasteiger partial charge in [-0.05, 0) is 56.8 Å². The molecule has 0 aliphatic carbocycles. The van der Waals surface area contributed by atoms with Gasteiger partial charge in [0.1, 0.15) is 0 Å². The van der Waals surface area contributed by atoms with Gasteiger partial charge in [0.2, 0.25) is 0 Å². The quantitative estimate of drug-likeness (QED) is 0.902. The molecule has 1 aliphatic heterocycles. The first kappa shape index (κ1) is 12.9. The highest BCUT2D eigenvalue weighted by Gasteiger charge is 2.14. The highest BCUT2D eigenvalue weighted by atomic mass is 32.1. The fourth-order valence-corrected chi connectivity index (χ4v) is 3.67. The van der Waals surface area contributed by atoms with E-state index in [0.29, 0.717) is 0 Å². The van der Waals surface area contributed by atoms with E-state index in [9.17, 15) is 0 Å². The van der Waals surface area contributed by atoms with E-state index in [2.05, 4.69) is 36.6 Å². The molecule has 0 spiro atoms. The summed E-state index contributed by atoms with van der Waals surface area (Å²) in [7, 11) is 0. The van der Waals surface area contributed by atoms with E-state index in [1.807, 2.05) is 0 Å². The van der Waals surface area contributed by atoms with Crippen LogP contribution in [-0.2, 0) is 0 Å². The largest absolute Gasteiger partial charge is 0.361 e. The van der Waals surface area contributed by atoms with E-state index in [4.69, 9.17) is 4.98 Å². The first-order valence-corrected chi connectivity index (χ1v) is 7.87. The lowest BCUT2D eigenvalue weighted by molar-refractivity contribution is 0.390. The standard InChI is InChI=1S/C15H21N3S/c1-10-3-4-11(2)14-13(10)18-15(19-14)17-9-12-5-7-16-8-6-12/h3-4,12,16H,5-9H2,1-2H3,(H,17,18). The molecule has 0 bridgehead atoms. The zero-order valence-electron chi connectivity index (χ0n) is 11.6. The molecular weight excluding hydrogens is 254 g/mol. The van der Waals surface area contributed by atoms with Crippen molar-refractivity contribution in [3.05, 3.63) is 23.3 Å². The summed E-state index contributed by atoms with van der Waals surface area (Å²) in [5, 5.41) is 8.02. The molecule has 0 radical (unpaired) electrons. The van der Waals surface area contributed by atoms with E-state index in [0.717, 1.165) is 36.2 Å². The van der Waals surface area contributed by atoms with Gasteiger partial charge in [-0.15, -0.1) is 0 Å². The molecule has 0 amide bonds. The van der Waals surface area contributed by atoms with Crippen molar-refractivity contribution in [1.29, 1.82) is 0 Å². The Morgan fingerprint density at radius 2 is 2.00 bits per heavy atom. The zero-order valence-corrected chi connectivity index (χ0v) is 12.4. The van der Waals surface area contributed by atoms with Crippen LogP contribution in [0.15, 0.2) is 12.1 Å². The predicted molar refractivity (Wildman–Crippen MR) is 83.2 cm³/mol. The molecule has 1 saturated heterocycles. The Hall–Kier alpha value is -1.13. The number of aryl methyl sites for hydroxylation is 2. The SMILES string of the molecule is Cc1ccc(C)c2sc(NCC3CCNCC3)nc12.